The van der Waals surface area contributed by atoms with E-state index in [1.165, 1.54) is 11.9 Å². The first-order chi connectivity index (χ1) is 17.4. The Morgan fingerprint density at radius 1 is 1.22 bits per heavy atom. The average molecular weight is 542 g/mol. The molecule has 0 bridgehead atoms. The molecule has 0 unspecified atom stereocenters. The van der Waals surface area contributed by atoms with Gasteiger partial charge in [0.2, 0.25) is 15.9 Å². The standard InChI is InChI=1S/C25H24ClN5O5S/c1-13-5-6-15(9-19(13)26)7-16-8-17-22(27-10-16)24(32)21-18(23(17)30(3)37(4,34)35)11-31(25(21)33)12-20-28-14(2)36-29-20/h5-6,8-10,32H,7,11-12H2,1-4H3. The summed E-state index contributed by atoms with van der Waals surface area (Å²) >= 11 is 6.29. The summed E-state index contributed by atoms with van der Waals surface area (Å²) in [6.07, 6.45) is 3.18. The molecule has 3 heterocycles. The fourth-order valence-electron chi connectivity index (χ4n) is 4.53. The minimum absolute atomic E-state index is 0.0174. The van der Waals surface area contributed by atoms with Gasteiger partial charge in [-0.05, 0) is 42.2 Å². The van der Waals surface area contributed by atoms with E-state index in [9.17, 15) is 18.3 Å². The van der Waals surface area contributed by atoms with Crippen molar-refractivity contribution in [2.24, 2.45) is 0 Å². The van der Waals surface area contributed by atoms with Gasteiger partial charge in [0.05, 0.1) is 24.1 Å². The number of pyridine rings is 1. The molecule has 12 heteroatoms. The fourth-order valence-corrected chi connectivity index (χ4v) is 5.28. The summed E-state index contributed by atoms with van der Waals surface area (Å²) < 4.78 is 31.4. The molecule has 1 aliphatic rings. The molecule has 5 rings (SSSR count). The van der Waals surface area contributed by atoms with Crippen molar-refractivity contribution in [2.45, 2.75) is 33.4 Å². The van der Waals surface area contributed by atoms with Gasteiger partial charge in [0.25, 0.3) is 5.91 Å². The molecule has 0 spiro atoms. The number of amides is 1. The maximum atomic E-state index is 13.3. The summed E-state index contributed by atoms with van der Waals surface area (Å²) in [5.41, 5.74) is 3.55. The van der Waals surface area contributed by atoms with Crippen LogP contribution < -0.4 is 4.31 Å². The van der Waals surface area contributed by atoms with Crippen LogP contribution in [-0.2, 0) is 29.5 Å². The summed E-state index contributed by atoms with van der Waals surface area (Å²) in [6.45, 7) is 3.65. The van der Waals surface area contributed by atoms with Crippen molar-refractivity contribution in [1.82, 2.24) is 20.0 Å². The number of aromatic nitrogens is 3. The summed E-state index contributed by atoms with van der Waals surface area (Å²) in [7, 11) is -2.30. The third kappa shape index (κ3) is 4.49. The first-order valence-corrected chi connectivity index (χ1v) is 13.6. The Kier molecular flexibility index (Phi) is 6.07. The predicted octanol–water partition coefficient (Wildman–Crippen LogP) is 3.74. The molecule has 0 fully saturated rings. The molecule has 4 aromatic rings. The van der Waals surface area contributed by atoms with E-state index in [2.05, 4.69) is 15.1 Å². The average Bonchev–Trinajstić information content (AvgIpc) is 3.38. The van der Waals surface area contributed by atoms with Crippen LogP contribution in [0, 0.1) is 13.8 Å². The van der Waals surface area contributed by atoms with Gasteiger partial charge in [-0.2, -0.15) is 4.98 Å². The van der Waals surface area contributed by atoms with E-state index in [0.29, 0.717) is 39.8 Å². The highest BCUT2D eigenvalue weighted by molar-refractivity contribution is 7.92. The summed E-state index contributed by atoms with van der Waals surface area (Å²) in [5.74, 6) is -0.104. The second-order valence-electron chi connectivity index (χ2n) is 9.17. The second-order valence-corrected chi connectivity index (χ2v) is 11.6. The maximum absolute atomic E-state index is 13.3. The molecule has 0 saturated heterocycles. The number of rotatable bonds is 6. The number of halogens is 1. The summed E-state index contributed by atoms with van der Waals surface area (Å²) in [6, 6.07) is 7.56. The number of sulfonamides is 1. The van der Waals surface area contributed by atoms with Gasteiger partial charge in [0.15, 0.2) is 11.6 Å². The predicted molar refractivity (Wildman–Crippen MR) is 138 cm³/mol. The van der Waals surface area contributed by atoms with Crippen LogP contribution in [0.5, 0.6) is 5.75 Å². The Balaban J connectivity index is 1.65. The van der Waals surface area contributed by atoms with E-state index >= 15 is 0 Å². The van der Waals surface area contributed by atoms with Gasteiger partial charge in [-0.1, -0.05) is 28.9 Å². The fraction of sp³-hybridized carbons (Fsp3) is 0.280. The van der Waals surface area contributed by atoms with Crippen LogP contribution >= 0.6 is 11.6 Å². The number of aryl methyl sites for hydroxylation is 2. The van der Waals surface area contributed by atoms with Gasteiger partial charge in [-0.3, -0.25) is 14.1 Å². The number of nitrogens with zero attached hydrogens (tertiary/aromatic N) is 5. The normalized spacial score (nSPS) is 13.4. The third-order valence-electron chi connectivity index (χ3n) is 6.46. The zero-order chi connectivity index (χ0) is 26.6. The van der Waals surface area contributed by atoms with E-state index in [1.807, 2.05) is 25.1 Å². The zero-order valence-electron chi connectivity index (χ0n) is 20.6. The van der Waals surface area contributed by atoms with Crippen LogP contribution in [0.4, 0.5) is 5.69 Å². The van der Waals surface area contributed by atoms with Crippen molar-refractivity contribution in [1.29, 1.82) is 0 Å². The number of carbonyl (C=O) groups excluding carboxylic acids is 1. The molecule has 2 aromatic heterocycles. The summed E-state index contributed by atoms with van der Waals surface area (Å²) in [5, 5.41) is 16.1. The summed E-state index contributed by atoms with van der Waals surface area (Å²) in [4.78, 5) is 23.4. The minimum atomic E-state index is -3.72. The number of aromatic hydroxyl groups is 1. The number of hydrogen-bond acceptors (Lipinski definition) is 8. The number of anilines is 1. The first-order valence-electron chi connectivity index (χ1n) is 11.4. The van der Waals surface area contributed by atoms with Crippen molar-refractivity contribution in [3.8, 4) is 5.75 Å². The molecule has 0 saturated carbocycles. The van der Waals surface area contributed by atoms with Crippen molar-refractivity contribution >= 4 is 44.1 Å². The monoisotopic (exact) mass is 541 g/mol. The lowest BCUT2D eigenvalue weighted by molar-refractivity contribution is 0.0759. The van der Waals surface area contributed by atoms with Crippen LogP contribution in [0.2, 0.25) is 5.02 Å². The number of hydrogen-bond donors (Lipinski definition) is 1. The van der Waals surface area contributed by atoms with Crippen molar-refractivity contribution < 1.29 is 22.8 Å². The van der Waals surface area contributed by atoms with E-state index in [1.54, 1.807) is 19.2 Å². The molecule has 2 aromatic carbocycles. The maximum Gasteiger partial charge on any atom is 0.258 e. The van der Waals surface area contributed by atoms with Gasteiger partial charge in [0.1, 0.15) is 5.52 Å². The van der Waals surface area contributed by atoms with Crippen molar-refractivity contribution in [2.75, 3.05) is 17.6 Å². The lowest BCUT2D eigenvalue weighted by atomic mass is 9.98. The van der Waals surface area contributed by atoms with Crippen LogP contribution in [0.3, 0.4) is 0 Å². The molecule has 0 atom stereocenters. The van der Waals surface area contributed by atoms with Crippen LogP contribution in [0.15, 0.2) is 35.0 Å². The third-order valence-corrected chi connectivity index (χ3v) is 8.04. The lowest BCUT2D eigenvalue weighted by Gasteiger charge is -2.23. The minimum Gasteiger partial charge on any atom is -0.505 e. The number of phenols is 1. The highest BCUT2D eigenvalue weighted by atomic mass is 35.5. The molecular weight excluding hydrogens is 518 g/mol. The number of carbonyl (C=O) groups is 1. The van der Waals surface area contributed by atoms with Gasteiger partial charge in [-0.25, -0.2) is 8.42 Å². The van der Waals surface area contributed by atoms with Crippen LogP contribution in [0.25, 0.3) is 10.9 Å². The molecule has 1 N–H and O–H groups in total. The SMILES string of the molecule is Cc1nc(CN2Cc3c(c(O)c4ncc(Cc5ccc(C)c(Cl)c5)cc4c3N(C)S(C)(=O)=O)C2=O)no1. The first kappa shape index (κ1) is 25.0. The topological polar surface area (TPSA) is 130 Å². The Hall–Kier alpha value is -3.70. The van der Waals surface area contributed by atoms with Gasteiger partial charge in [0, 0.05) is 42.7 Å². The van der Waals surface area contributed by atoms with E-state index in [0.717, 1.165) is 27.3 Å². The molecule has 192 valence electrons. The number of benzene rings is 2. The van der Waals surface area contributed by atoms with E-state index in [4.69, 9.17) is 16.1 Å². The molecular formula is C25H24ClN5O5S. The van der Waals surface area contributed by atoms with Crippen LogP contribution in [-0.4, -0.2) is 52.8 Å². The molecule has 0 radical (unpaired) electrons. The molecule has 10 nitrogen and oxygen atoms in total. The van der Waals surface area contributed by atoms with Crippen molar-refractivity contribution in [3.63, 3.8) is 0 Å². The lowest BCUT2D eigenvalue weighted by Crippen LogP contribution is -2.26. The molecule has 0 aliphatic carbocycles. The van der Waals surface area contributed by atoms with E-state index in [-0.39, 0.29) is 29.9 Å². The number of fused-ring (bicyclic) bond motifs is 2. The highest BCUT2D eigenvalue weighted by Gasteiger charge is 2.37. The van der Waals surface area contributed by atoms with Crippen molar-refractivity contribution in [3.05, 3.63) is 75.0 Å². The molecule has 1 aliphatic heterocycles. The quantitative estimate of drug-likeness (QED) is 0.391. The Bertz CT molecular complexity index is 1680. The Morgan fingerprint density at radius 2 is 1.97 bits per heavy atom. The van der Waals surface area contributed by atoms with Gasteiger partial charge in [-0.15, -0.1) is 0 Å². The highest BCUT2D eigenvalue weighted by Crippen LogP contribution is 2.45. The smallest absolute Gasteiger partial charge is 0.258 e. The molecule has 37 heavy (non-hydrogen) atoms. The molecule has 1 amide bonds. The van der Waals surface area contributed by atoms with E-state index < -0.39 is 15.9 Å². The van der Waals surface area contributed by atoms with Gasteiger partial charge < -0.3 is 14.5 Å². The Labute approximate surface area is 218 Å². The second kappa shape index (κ2) is 9.00. The van der Waals surface area contributed by atoms with Crippen LogP contribution in [0.1, 0.15) is 44.3 Å². The van der Waals surface area contributed by atoms with Gasteiger partial charge >= 0.3 is 0 Å². The zero-order valence-corrected chi connectivity index (χ0v) is 22.2. The number of phenolic OH excluding ortho intramolecular Hbond substituents is 1. The largest absolute Gasteiger partial charge is 0.505 e. The Morgan fingerprint density at radius 3 is 2.62 bits per heavy atom.